The molecule has 0 saturated carbocycles. The number of anilines is 1. The van der Waals surface area contributed by atoms with Crippen molar-refractivity contribution in [2.24, 2.45) is 0 Å². The van der Waals surface area contributed by atoms with Gasteiger partial charge in [-0.15, -0.1) is 0 Å². The third-order valence-corrected chi connectivity index (χ3v) is 2.62. The summed E-state index contributed by atoms with van der Waals surface area (Å²) < 4.78 is 0. The summed E-state index contributed by atoms with van der Waals surface area (Å²) in [5, 5.41) is 13.7. The van der Waals surface area contributed by atoms with Crippen molar-refractivity contribution >= 4 is 23.3 Å². The first-order valence-electron chi connectivity index (χ1n) is 4.50. The van der Waals surface area contributed by atoms with E-state index in [1.807, 2.05) is 13.2 Å². The molecular formula is C9H13N3O2S. The Labute approximate surface area is 92.4 Å². The fraction of sp³-hybridized carbons (Fsp3) is 0.444. The lowest BCUT2D eigenvalue weighted by molar-refractivity contribution is -0.384. The predicted molar refractivity (Wildman–Crippen MR) is 62.4 cm³/mol. The normalized spacial score (nSPS) is 12.1. The molecule has 0 aliphatic heterocycles. The van der Waals surface area contributed by atoms with Crippen LogP contribution < -0.4 is 5.32 Å². The van der Waals surface area contributed by atoms with E-state index in [0.717, 1.165) is 5.75 Å². The molecule has 1 atom stereocenters. The average molecular weight is 227 g/mol. The molecule has 0 bridgehead atoms. The van der Waals surface area contributed by atoms with Gasteiger partial charge in [-0.05, 0) is 19.2 Å². The molecule has 0 aromatic carbocycles. The van der Waals surface area contributed by atoms with E-state index in [2.05, 4.69) is 10.3 Å². The molecule has 15 heavy (non-hydrogen) atoms. The van der Waals surface area contributed by atoms with Gasteiger partial charge < -0.3 is 5.32 Å². The van der Waals surface area contributed by atoms with Gasteiger partial charge in [0.2, 0.25) is 5.82 Å². The minimum atomic E-state index is -0.429. The van der Waals surface area contributed by atoms with Crippen LogP contribution >= 0.6 is 11.8 Å². The molecule has 1 N–H and O–H groups in total. The Bertz CT molecular complexity index is 346. The number of rotatable bonds is 5. The molecule has 0 amide bonds. The third-order valence-electron chi connectivity index (χ3n) is 1.78. The monoisotopic (exact) mass is 227 g/mol. The van der Waals surface area contributed by atoms with Crippen molar-refractivity contribution in [3.8, 4) is 0 Å². The number of nitrogens with one attached hydrogen (secondary N) is 1. The van der Waals surface area contributed by atoms with Gasteiger partial charge in [-0.25, -0.2) is 4.98 Å². The zero-order valence-electron chi connectivity index (χ0n) is 8.64. The summed E-state index contributed by atoms with van der Waals surface area (Å²) in [5.41, 5.74) is 0.0189. The van der Waals surface area contributed by atoms with E-state index in [-0.39, 0.29) is 11.7 Å². The van der Waals surface area contributed by atoms with E-state index < -0.39 is 4.92 Å². The molecule has 1 unspecified atom stereocenters. The second-order valence-electron chi connectivity index (χ2n) is 3.13. The summed E-state index contributed by atoms with van der Waals surface area (Å²) in [6.45, 7) is 1.97. The number of nitro groups is 1. The molecule has 82 valence electrons. The number of pyridine rings is 1. The first-order valence-corrected chi connectivity index (χ1v) is 5.89. The van der Waals surface area contributed by atoms with Crippen LogP contribution in [0.2, 0.25) is 0 Å². The van der Waals surface area contributed by atoms with E-state index >= 15 is 0 Å². The highest BCUT2D eigenvalue weighted by Crippen LogP contribution is 2.21. The van der Waals surface area contributed by atoms with Gasteiger partial charge in [0, 0.05) is 24.1 Å². The Kier molecular flexibility index (Phi) is 4.36. The molecule has 0 aliphatic carbocycles. The third kappa shape index (κ3) is 3.39. The zero-order valence-corrected chi connectivity index (χ0v) is 9.45. The van der Waals surface area contributed by atoms with Crippen LogP contribution in [0, 0.1) is 10.1 Å². The zero-order chi connectivity index (χ0) is 11.3. The lowest BCUT2D eigenvalue weighted by Gasteiger charge is -2.12. The van der Waals surface area contributed by atoms with Gasteiger partial charge in [0.15, 0.2) is 0 Å². The van der Waals surface area contributed by atoms with Crippen LogP contribution in [0.4, 0.5) is 11.5 Å². The van der Waals surface area contributed by atoms with Gasteiger partial charge in [0.25, 0.3) is 0 Å². The summed E-state index contributed by atoms with van der Waals surface area (Å²) in [6, 6.07) is 3.16. The number of hydrogen-bond acceptors (Lipinski definition) is 5. The summed E-state index contributed by atoms with van der Waals surface area (Å²) in [7, 11) is 0. The Morgan fingerprint density at radius 2 is 2.47 bits per heavy atom. The minimum absolute atomic E-state index is 0.0189. The van der Waals surface area contributed by atoms with Crippen molar-refractivity contribution in [1.82, 2.24) is 4.98 Å². The molecule has 1 heterocycles. The van der Waals surface area contributed by atoms with E-state index in [4.69, 9.17) is 0 Å². The van der Waals surface area contributed by atoms with Crippen molar-refractivity contribution in [2.75, 3.05) is 17.3 Å². The molecule has 1 aromatic heterocycles. The number of hydrogen-bond donors (Lipinski definition) is 1. The van der Waals surface area contributed by atoms with Gasteiger partial charge in [-0.1, -0.05) is 0 Å². The van der Waals surface area contributed by atoms with Crippen LogP contribution in [-0.4, -0.2) is 28.0 Å². The fourth-order valence-corrected chi connectivity index (χ4v) is 1.76. The maximum Gasteiger partial charge on any atom is 0.311 e. The van der Waals surface area contributed by atoms with Gasteiger partial charge in [0.1, 0.15) is 0 Å². The maximum absolute atomic E-state index is 10.7. The summed E-state index contributed by atoms with van der Waals surface area (Å²) in [4.78, 5) is 14.2. The topological polar surface area (TPSA) is 68.1 Å². The summed E-state index contributed by atoms with van der Waals surface area (Å²) in [6.07, 6.45) is 3.53. The lowest BCUT2D eigenvalue weighted by Crippen LogP contribution is -2.19. The van der Waals surface area contributed by atoms with Gasteiger partial charge >= 0.3 is 5.69 Å². The molecule has 0 spiro atoms. The Morgan fingerprint density at radius 1 is 1.73 bits per heavy atom. The largest absolute Gasteiger partial charge is 0.361 e. The van der Waals surface area contributed by atoms with Crippen molar-refractivity contribution in [1.29, 1.82) is 0 Å². The average Bonchev–Trinajstić information content (AvgIpc) is 2.18. The standard InChI is InChI=1S/C9H13N3O2S/c1-7(6-15-2)11-9-8(12(13)14)4-3-5-10-9/h3-5,7H,6H2,1-2H3,(H,10,11). The first kappa shape index (κ1) is 11.8. The van der Waals surface area contributed by atoms with Gasteiger partial charge in [-0.2, -0.15) is 11.8 Å². The quantitative estimate of drug-likeness (QED) is 0.616. The van der Waals surface area contributed by atoms with Crippen molar-refractivity contribution < 1.29 is 4.92 Å². The van der Waals surface area contributed by atoms with Crippen LogP contribution in [0.1, 0.15) is 6.92 Å². The van der Waals surface area contributed by atoms with Crippen molar-refractivity contribution in [3.05, 3.63) is 28.4 Å². The van der Waals surface area contributed by atoms with E-state index in [0.29, 0.717) is 5.82 Å². The minimum Gasteiger partial charge on any atom is -0.361 e. The molecule has 0 radical (unpaired) electrons. The highest BCUT2D eigenvalue weighted by atomic mass is 32.2. The second-order valence-corrected chi connectivity index (χ2v) is 4.04. The molecule has 0 saturated heterocycles. The number of thioether (sulfide) groups is 1. The van der Waals surface area contributed by atoms with Crippen LogP contribution in [0.15, 0.2) is 18.3 Å². The Balaban J connectivity index is 2.79. The number of aromatic nitrogens is 1. The molecule has 1 rings (SSSR count). The lowest BCUT2D eigenvalue weighted by atomic mass is 10.3. The highest BCUT2D eigenvalue weighted by Gasteiger charge is 2.15. The molecule has 1 aromatic rings. The van der Waals surface area contributed by atoms with E-state index in [1.54, 1.807) is 24.0 Å². The van der Waals surface area contributed by atoms with Crippen LogP contribution in [0.25, 0.3) is 0 Å². The molecule has 0 aliphatic rings. The van der Waals surface area contributed by atoms with Gasteiger partial charge in [0.05, 0.1) is 4.92 Å². The smallest absolute Gasteiger partial charge is 0.311 e. The fourth-order valence-electron chi connectivity index (χ4n) is 1.18. The SMILES string of the molecule is CSCC(C)Nc1ncccc1[N+](=O)[O-]. The maximum atomic E-state index is 10.7. The summed E-state index contributed by atoms with van der Waals surface area (Å²) in [5.74, 6) is 1.22. The molecule has 6 heteroatoms. The predicted octanol–water partition coefficient (Wildman–Crippen LogP) is 2.15. The van der Waals surface area contributed by atoms with Crippen LogP contribution in [0.5, 0.6) is 0 Å². The van der Waals surface area contributed by atoms with E-state index in [9.17, 15) is 10.1 Å². The Morgan fingerprint density at radius 3 is 3.07 bits per heavy atom. The van der Waals surface area contributed by atoms with Crippen LogP contribution in [0.3, 0.4) is 0 Å². The molecule has 0 fully saturated rings. The summed E-state index contributed by atoms with van der Waals surface area (Å²) >= 11 is 1.68. The first-order chi connectivity index (χ1) is 7.15. The second kappa shape index (κ2) is 5.55. The molecule has 5 nitrogen and oxygen atoms in total. The van der Waals surface area contributed by atoms with Crippen LogP contribution in [-0.2, 0) is 0 Å². The van der Waals surface area contributed by atoms with Crippen molar-refractivity contribution in [2.45, 2.75) is 13.0 Å². The Hall–Kier alpha value is -1.30. The van der Waals surface area contributed by atoms with Crippen molar-refractivity contribution in [3.63, 3.8) is 0 Å². The highest BCUT2D eigenvalue weighted by molar-refractivity contribution is 7.98. The van der Waals surface area contributed by atoms with E-state index in [1.165, 1.54) is 6.07 Å². The molecular weight excluding hydrogens is 214 g/mol. The number of nitrogens with zero attached hydrogens (tertiary/aromatic N) is 2. The van der Waals surface area contributed by atoms with Gasteiger partial charge in [-0.3, -0.25) is 10.1 Å².